The van der Waals surface area contributed by atoms with Crippen molar-refractivity contribution in [2.24, 2.45) is 0 Å². The van der Waals surface area contributed by atoms with Crippen molar-refractivity contribution in [3.05, 3.63) is 34.3 Å². The van der Waals surface area contributed by atoms with E-state index in [4.69, 9.17) is 4.74 Å². The van der Waals surface area contributed by atoms with Gasteiger partial charge in [-0.15, -0.1) is 0 Å². The quantitative estimate of drug-likeness (QED) is 0.898. The highest BCUT2D eigenvalue weighted by molar-refractivity contribution is 9.10. The van der Waals surface area contributed by atoms with Crippen LogP contribution in [0.3, 0.4) is 0 Å². The zero-order valence-electron chi connectivity index (χ0n) is 10.8. The van der Waals surface area contributed by atoms with Gasteiger partial charge in [-0.2, -0.15) is 0 Å². The molecule has 1 aliphatic rings. The third-order valence-corrected chi connectivity index (χ3v) is 4.27. The molecule has 2 rings (SSSR count). The SMILES string of the molecule is CC(NCC1(O)CCOC1C)c1ccc(Br)cc1. The molecular weight excluding hydrogens is 294 g/mol. The summed E-state index contributed by atoms with van der Waals surface area (Å²) in [5, 5.41) is 13.8. The fourth-order valence-electron chi connectivity index (χ4n) is 2.20. The number of benzene rings is 1. The monoisotopic (exact) mass is 313 g/mol. The maximum Gasteiger partial charge on any atom is 0.105 e. The Morgan fingerprint density at radius 2 is 2.17 bits per heavy atom. The van der Waals surface area contributed by atoms with Crippen molar-refractivity contribution in [1.82, 2.24) is 5.32 Å². The number of halogens is 1. The fourth-order valence-corrected chi connectivity index (χ4v) is 2.47. The van der Waals surface area contributed by atoms with Crippen LogP contribution in [0.15, 0.2) is 28.7 Å². The summed E-state index contributed by atoms with van der Waals surface area (Å²) >= 11 is 3.43. The summed E-state index contributed by atoms with van der Waals surface area (Å²) in [6, 6.07) is 8.45. The minimum atomic E-state index is -0.733. The number of nitrogens with one attached hydrogen (secondary N) is 1. The van der Waals surface area contributed by atoms with Gasteiger partial charge in [-0.05, 0) is 31.5 Å². The van der Waals surface area contributed by atoms with Crippen molar-refractivity contribution in [3.63, 3.8) is 0 Å². The Hall–Kier alpha value is -0.420. The van der Waals surface area contributed by atoms with E-state index in [1.807, 2.05) is 19.1 Å². The highest BCUT2D eigenvalue weighted by Crippen LogP contribution is 2.26. The summed E-state index contributed by atoms with van der Waals surface area (Å²) < 4.78 is 6.50. The molecule has 3 atom stereocenters. The predicted octanol–water partition coefficient (Wildman–Crippen LogP) is 2.64. The van der Waals surface area contributed by atoms with Gasteiger partial charge in [-0.25, -0.2) is 0 Å². The first-order valence-electron chi connectivity index (χ1n) is 6.34. The molecule has 0 aliphatic carbocycles. The van der Waals surface area contributed by atoms with Crippen LogP contribution >= 0.6 is 15.9 Å². The maximum absolute atomic E-state index is 10.4. The van der Waals surface area contributed by atoms with Crippen LogP contribution in [0.25, 0.3) is 0 Å². The number of aliphatic hydroxyl groups is 1. The molecule has 4 heteroatoms. The van der Waals surface area contributed by atoms with E-state index < -0.39 is 5.60 Å². The molecule has 1 saturated heterocycles. The lowest BCUT2D eigenvalue weighted by Crippen LogP contribution is -2.46. The molecule has 3 nitrogen and oxygen atoms in total. The van der Waals surface area contributed by atoms with Gasteiger partial charge in [0.1, 0.15) is 5.60 Å². The van der Waals surface area contributed by atoms with E-state index >= 15 is 0 Å². The van der Waals surface area contributed by atoms with Gasteiger partial charge in [-0.3, -0.25) is 0 Å². The average molecular weight is 314 g/mol. The van der Waals surface area contributed by atoms with Crippen LogP contribution < -0.4 is 5.32 Å². The van der Waals surface area contributed by atoms with E-state index in [1.54, 1.807) is 0 Å². The molecule has 1 aromatic carbocycles. The van der Waals surface area contributed by atoms with Crippen LogP contribution in [0.2, 0.25) is 0 Å². The number of ether oxygens (including phenoxy) is 1. The van der Waals surface area contributed by atoms with E-state index in [0.29, 0.717) is 19.6 Å². The van der Waals surface area contributed by atoms with Crippen molar-refractivity contribution >= 4 is 15.9 Å². The highest BCUT2D eigenvalue weighted by Gasteiger charge is 2.39. The smallest absolute Gasteiger partial charge is 0.105 e. The largest absolute Gasteiger partial charge is 0.386 e. The Kier molecular flexibility index (Phi) is 4.43. The van der Waals surface area contributed by atoms with E-state index in [0.717, 1.165) is 4.47 Å². The number of rotatable bonds is 4. The molecule has 1 fully saturated rings. The first-order valence-corrected chi connectivity index (χ1v) is 7.13. The molecule has 1 heterocycles. The maximum atomic E-state index is 10.4. The van der Waals surface area contributed by atoms with Gasteiger partial charge in [-0.1, -0.05) is 28.1 Å². The molecule has 0 amide bonds. The first-order chi connectivity index (χ1) is 8.51. The molecular formula is C14H20BrNO2. The lowest BCUT2D eigenvalue weighted by molar-refractivity contribution is -0.0274. The predicted molar refractivity (Wildman–Crippen MR) is 75.5 cm³/mol. The second kappa shape index (κ2) is 5.70. The Labute approximate surface area is 117 Å². The molecule has 1 aromatic rings. The van der Waals surface area contributed by atoms with Crippen LogP contribution in [0.4, 0.5) is 0 Å². The minimum absolute atomic E-state index is 0.0953. The summed E-state index contributed by atoms with van der Waals surface area (Å²) in [6.07, 6.45) is 0.607. The first kappa shape index (κ1) is 14.0. The molecule has 100 valence electrons. The molecule has 1 aliphatic heterocycles. The number of hydrogen-bond donors (Lipinski definition) is 2. The summed E-state index contributed by atoms with van der Waals surface area (Å²) in [5.74, 6) is 0. The van der Waals surface area contributed by atoms with E-state index in [1.165, 1.54) is 5.56 Å². The molecule has 0 saturated carbocycles. The van der Waals surface area contributed by atoms with Crippen LogP contribution in [0, 0.1) is 0 Å². The lowest BCUT2D eigenvalue weighted by Gasteiger charge is -2.28. The molecule has 0 radical (unpaired) electrons. The van der Waals surface area contributed by atoms with Crippen molar-refractivity contribution < 1.29 is 9.84 Å². The molecule has 0 spiro atoms. The van der Waals surface area contributed by atoms with E-state index in [-0.39, 0.29) is 12.1 Å². The van der Waals surface area contributed by atoms with Crippen LogP contribution in [0.5, 0.6) is 0 Å². The van der Waals surface area contributed by atoms with Crippen LogP contribution in [-0.2, 0) is 4.74 Å². The van der Waals surface area contributed by atoms with E-state index in [9.17, 15) is 5.11 Å². The number of hydrogen-bond acceptors (Lipinski definition) is 3. The fraction of sp³-hybridized carbons (Fsp3) is 0.571. The van der Waals surface area contributed by atoms with Gasteiger partial charge in [0.25, 0.3) is 0 Å². The summed E-state index contributed by atoms with van der Waals surface area (Å²) in [6.45, 7) is 5.24. The summed E-state index contributed by atoms with van der Waals surface area (Å²) in [5.41, 5.74) is 0.484. The average Bonchev–Trinajstić information content (AvgIpc) is 2.68. The second-order valence-corrected chi connectivity index (χ2v) is 5.94. The van der Waals surface area contributed by atoms with Crippen LogP contribution in [-0.4, -0.2) is 30.0 Å². The zero-order chi connectivity index (χ0) is 13.2. The molecule has 0 aromatic heterocycles. The molecule has 3 unspecified atom stereocenters. The molecule has 18 heavy (non-hydrogen) atoms. The van der Waals surface area contributed by atoms with E-state index in [2.05, 4.69) is 40.3 Å². The third-order valence-electron chi connectivity index (χ3n) is 3.74. The second-order valence-electron chi connectivity index (χ2n) is 5.02. The van der Waals surface area contributed by atoms with Gasteiger partial charge in [0, 0.05) is 30.1 Å². The van der Waals surface area contributed by atoms with Gasteiger partial charge in [0.15, 0.2) is 0 Å². The van der Waals surface area contributed by atoms with Crippen molar-refractivity contribution in [3.8, 4) is 0 Å². The molecule has 2 N–H and O–H groups in total. The highest BCUT2D eigenvalue weighted by atomic mass is 79.9. The summed E-state index contributed by atoms with van der Waals surface area (Å²) in [7, 11) is 0. The van der Waals surface area contributed by atoms with Gasteiger partial charge in [0.2, 0.25) is 0 Å². The van der Waals surface area contributed by atoms with Crippen molar-refractivity contribution in [1.29, 1.82) is 0 Å². The Morgan fingerprint density at radius 1 is 1.50 bits per heavy atom. The topological polar surface area (TPSA) is 41.5 Å². The van der Waals surface area contributed by atoms with Crippen molar-refractivity contribution in [2.45, 2.75) is 38.0 Å². The Balaban J connectivity index is 1.92. The Bertz CT molecular complexity index is 395. The normalized spacial score (nSPS) is 29.4. The Morgan fingerprint density at radius 3 is 2.72 bits per heavy atom. The summed E-state index contributed by atoms with van der Waals surface area (Å²) in [4.78, 5) is 0. The minimum Gasteiger partial charge on any atom is -0.386 e. The van der Waals surface area contributed by atoms with Gasteiger partial charge in [0.05, 0.1) is 6.10 Å². The standard InChI is InChI=1S/C14H20BrNO2/c1-10(12-3-5-13(15)6-4-12)16-9-14(17)7-8-18-11(14)2/h3-6,10-11,16-17H,7-9H2,1-2H3. The van der Waals surface area contributed by atoms with Crippen LogP contribution in [0.1, 0.15) is 31.9 Å². The van der Waals surface area contributed by atoms with Gasteiger partial charge < -0.3 is 15.2 Å². The lowest BCUT2D eigenvalue weighted by atomic mass is 9.96. The van der Waals surface area contributed by atoms with Gasteiger partial charge >= 0.3 is 0 Å². The third kappa shape index (κ3) is 3.12. The zero-order valence-corrected chi connectivity index (χ0v) is 12.4. The molecule has 0 bridgehead atoms. The van der Waals surface area contributed by atoms with Crippen molar-refractivity contribution in [2.75, 3.05) is 13.2 Å².